The van der Waals surface area contributed by atoms with Gasteiger partial charge in [0.25, 0.3) is 0 Å². The number of aliphatic hydroxyl groups is 1. The maximum atomic E-state index is 10.4. The van der Waals surface area contributed by atoms with Crippen LogP contribution in [0.3, 0.4) is 0 Å². The molecule has 1 N–H and O–H groups in total. The van der Waals surface area contributed by atoms with Gasteiger partial charge in [0.15, 0.2) is 11.5 Å². The lowest BCUT2D eigenvalue weighted by Crippen LogP contribution is -2.29. The summed E-state index contributed by atoms with van der Waals surface area (Å²) >= 11 is 0. The van der Waals surface area contributed by atoms with E-state index in [9.17, 15) is 5.11 Å². The van der Waals surface area contributed by atoms with Crippen molar-refractivity contribution in [2.45, 2.75) is 31.8 Å². The minimum Gasteiger partial charge on any atom is -0.493 e. The third kappa shape index (κ3) is 2.95. The zero-order valence-electron chi connectivity index (χ0n) is 12.0. The van der Waals surface area contributed by atoms with E-state index in [4.69, 9.17) is 14.2 Å². The Labute approximate surface area is 114 Å². The normalized spacial score (nSPS) is 17.7. The molecule has 0 aromatic heterocycles. The lowest BCUT2D eigenvalue weighted by atomic mass is 9.91. The van der Waals surface area contributed by atoms with Crippen LogP contribution in [-0.2, 0) is 6.42 Å². The van der Waals surface area contributed by atoms with Crippen molar-refractivity contribution in [2.75, 3.05) is 21.3 Å². The molecule has 1 aliphatic rings. The molecule has 1 atom stereocenters. The second kappa shape index (κ2) is 5.29. The zero-order valence-corrected chi connectivity index (χ0v) is 12.0. The summed E-state index contributed by atoms with van der Waals surface area (Å²) < 4.78 is 15.9. The fraction of sp³-hybridized carbons (Fsp3) is 0.600. The van der Waals surface area contributed by atoms with Crippen LogP contribution in [0.15, 0.2) is 12.1 Å². The molecule has 1 unspecified atom stereocenters. The standard InChI is InChI=1S/C15H22O4/c1-15(16,11-5-6-11)9-10-7-12(17-2)14(19-4)13(8-10)18-3/h7-8,11,16H,5-6,9H2,1-4H3. The van der Waals surface area contributed by atoms with Gasteiger partial charge in [-0.05, 0) is 43.4 Å². The van der Waals surface area contributed by atoms with Crippen molar-refractivity contribution in [3.63, 3.8) is 0 Å². The summed E-state index contributed by atoms with van der Waals surface area (Å²) in [6, 6.07) is 3.80. The van der Waals surface area contributed by atoms with Crippen LogP contribution in [0.25, 0.3) is 0 Å². The Balaban J connectivity index is 2.30. The smallest absolute Gasteiger partial charge is 0.203 e. The van der Waals surface area contributed by atoms with E-state index < -0.39 is 5.60 Å². The molecule has 0 bridgehead atoms. The molecular weight excluding hydrogens is 244 g/mol. The fourth-order valence-electron chi connectivity index (χ4n) is 2.50. The minimum absolute atomic E-state index is 0.409. The number of hydrogen-bond donors (Lipinski definition) is 1. The van der Waals surface area contributed by atoms with Gasteiger partial charge in [0.1, 0.15) is 0 Å². The van der Waals surface area contributed by atoms with Gasteiger partial charge in [-0.15, -0.1) is 0 Å². The van der Waals surface area contributed by atoms with E-state index in [1.54, 1.807) is 21.3 Å². The average molecular weight is 266 g/mol. The molecule has 4 nitrogen and oxygen atoms in total. The highest BCUT2D eigenvalue weighted by Crippen LogP contribution is 2.43. The first-order chi connectivity index (χ1) is 9.01. The summed E-state index contributed by atoms with van der Waals surface area (Å²) in [5.41, 5.74) is 0.330. The van der Waals surface area contributed by atoms with Crippen molar-refractivity contribution >= 4 is 0 Å². The van der Waals surface area contributed by atoms with E-state index in [1.165, 1.54) is 0 Å². The van der Waals surface area contributed by atoms with Gasteiger partial charge in [0.2, 0.25) is 5.75 Å². The lowest BCUT2D eigenvalue weighted by Gasteiger charge is -2.24. The lowest BCUT2D eigenvalue weighted by molar-refractivity contribution is 0.0371. The third-order valence-corrected chi connectivity index (χ3v) is 3.74. The first kappa shape index (κ1) is 14.0. The molecule has 1 fully saturated rings. The van der Waals surface area contributed by atoms with Crippen LogP contribution >= 0.6 is 0 Å². The summed E-state index contributed by atoms with van der Waals surface area (Å²) in [5, 5.41) is 10.4. The predicted octanol–water partition coefficient (Wildman–Crippen LogP) is 2.42. The van der Waals surface area contributed by atoms with Gasteiger partial charge in [-0.3, -0.25) is 0 Å². The Morgan fingerprint density at radius 1 is 1.11 bits per heavy atom. The molecular formula is C15H22O4. The van der Waals surface area contributed by atoms with Crippen molar-refractivity contribution in [1.82, 2.24) is 0 Å². The molecule has 1 saturated carbocycles. The Morgan fingerprint density at radius 3 is 2.00 bits per heavy atom. The number of methoxy groups -OCH3 is 3. The van der Waals surface area contributed by atoms with Gasteiger partial charge >= 0.3 is 0 Å². The first-order valence-corrected chi connectivity index (χ1v) is 6.53. The van der Waals surface area contributed by atoms with Gasteiger partial charge in [0.05, 0.1) is 26.9 Å². The molecule has 0 aliphatic heterocycles. The van der Waals surface area contributed by atoms with E-state index in [1.807, 2.05) is 19.1 Å². The number of rotatable bonds is 6. The Bertz CT molecular complexity index is 424. The van der Waals surface area contributed by atoms with Crippen LogP contribution in [0.2, 0.25) is 0 Å². The van der Waals surface area contributed by atoms with Crippen LogP contribution in [0, 0.1) is 5.92 Å². The van der Waals surface area contributed by atoms with Gasteiger partial charge in [-0.25, -0.2) is 0 Å². The van der Waals surface area contributed by atoms with Crippen LogP contribution in [-0.4, -0.2) is 32.0 Å². The predicted molar refractivity (Wildman–Crippen MR) is 73.1 cm³/mol. The highest BCUT2D eigenvalue weighted by molar-refractivity contribution is 5.54. The Hall–Kier alpha value is -1.42. The topological polar surface area (TPSA) is 47.9 Å². The van der Waals surface area contributed by atoms with Crippen molar-refractivity contribution in [1.29, 1.82) is 0 Å². The molecule has 0 amide bonds. The second-order valence-electron chi connectivity index (χ2n) is 5.34. The Morgan fingerprint density at radius 2 is 1.63 bits per heavy atom. The van der Waals surface area contributed by atoms with Crippen molar-refractivity contribution in [3.05, 3.63) is 17.7 Å². The van der Waals surface area contributed by atoms with Gasteiger partial charge in [-0.1, -0.05) is 0 Å². The van der Waals surface area contributed by atoms with Crippen molar-refractivity contribution in [3.8, 4) is 17.2 Å². The summed E-state index contributed by atoms with van der Waals surface area (Å²) in [7, 11) is 4.78. The molecule has 2 rings (SSSR count). The van der Waals surface area contributed by atoms with Crippen LogP contribution in [0.1, 0.15) is 25.3 Å². The Kier molecular flexibility index (Phi) is 3.90. The highest BCUT2D eigenvalue weighted by atomic mass is 16.5. The first-order valence-electron chi connectivity index (χ1n) is 6.53. The molecule has 0 heterocycles. The molecule has 19 heavy (non-hydrogen) atoms. The summed E-state index contributed by atoms with van der Waals surface area (Å²) in [6.45, 7) is 1.90. The molecule has 1 aromatic carbocycles. The maximum absolute atomic E-state index is 10.4. The summed E-state index contributed by atoms with van der Waals surface area (Å²) in [4.78, 5) is 0. The molecule has 0 radical (unpaired) electrons. The van der Waals surface area contributed by atoms with Crippen LogP contribution in [0.4, 0.5) is 0 Å². The van der Waals surface area contributed by atoms with Crippen molar-refractivity contribution < 1.29 is 19.3 Å². The molecule has 106 valence electrons. The number of ether oxygens (including phenoxy) is 3. The number of benzene rings is 1. The quantitative estimate of drug-likeness (QED) is 0.859. The average Bonchev–Trinajstić information content (AvgIpc) is 3.21. The molecule has 0 spiro atoms. The van der Waals surface area contributed by atoms with E-state index in [-0.39, 0.29) is 0 Å². The molecule has 4 heteroatoms. The molecule has 1 aromatic rings. The summed E-state index contributed by atoms with van der Waals surface area (Å²) in [5.74, 6) is 2.25. The van der Waals surface area contributed by atoms with Gasteiger partial charge in [-0.2, -0.15) is 0 Å². The summed E-state index contributed by atoms with van der Waals surface area (Å²) in [6.07, 6.45) is 2.81. The van der Waals surface area contributed by atoms with E-state index in [0.29, 0.717) is 29.6 Å². The SMILES string of the molecule is COc1cc(CC(C)(O)C2CC2)cc(OC)c1OC. The number of hydrogen-bond acceptors (Lipinski definition) is 4. The van der Waals surface area contributed by atoms with Crippen LogP contribution < -0.4 is 14.2 Å². The molecule has 1 aliphatic carbocycles. The van der Waals surface area contributed by atoms with E-state index >= 15 is 0 Å². The molecule has 0 saturated heterocycles. The minimum atomic E-state index is -0.662. The van der Waals surface area contributed by atoms with E-state index in [2.05, 4.69) is 0 Å². The van der Waals surface area contributed by atoms with Gasteiger partial charge in [0, 0.05) is 6.42 Å². The largest absolute Gasteiger partial charge is 0.493 e. The fourth-order valence-corrected chi connectivity index (χ4v) is 2.50. The van der Waals surface area contributed by atoms with Gasteiger partial charge < -0.3 is 19.3 Å². The monoisotopic (exact) mass is 266 g/mol. The highest BCUT2D eigenvalue weighted by Gasteiger charge is 2.40. The second-order valence-corrected chi connectivity index (χ2v) is 5.34. The van der Waals surface area contributed by atoms with E-state index in [0.717, 1.165) is 18.4 Å². The van der Waals surface area contributed by atoms with Crippen LogP contribution in [0.5, 0.6) is 17.2 Å². The zero-order chi connectivity index (χ0) is 14.0. The third-order valence-electron chi connectivity index (χ3n) is 3.74. The maximum Gasteiger partial charge on any atom is 0.203 e. The van der Waals surface area contributed by atoms with Crippen molar-refractivity contribution in [2.24, 2.45) is 5.92 Å².